The van der Waals surface area contributed by atoms with Crippen molar-refractivity contribution in [2.24, 2.45) is 0 Å². The summed E-state index contributed by atoms with van der Waals surface area (Å²) in [6.45, 7) is 2.76. The zero-order valence-electron chi connectivity index (χ0n) is 16.2. The number of benzene rings is 2. The maximum atomic E-state index is 12.9. The van der Waals surface area contributed by atoms with Gasteiger partial charge in [0.2, 0.25) is 0 Å². The van der Waals surface area contributed by atoms with Crippen LogP contribution in [0.15, 0.2) is 36.4 Å². The molecule has 1 aliphatic rings. The van der Waals surface area contributed by atoms with Gasteiger partial charge in [-0.15, -0.1) is 0 Å². The van der Waals surface area contributed by atoms with Gasteiger partial charge in [-0.1, -0.05) is 12.1 Å². The van der Waals surface area contributed by atoms with Gasteiger partial charge in [-0.25, -0.2) is 0 Å². The Morgan fingerprint density at radius 3 is 2.41 bits per heavy atom. The van der Waals surface area contributed by atoms with Crippen LogP contribution in [0.3, 0.4) is 0 Å². The lowest BCUT2D eigenvalue weighted by molar-refractivity contribution is -0.114. The van der Waals surface area contributed by atoms with Gasteiger partial charge < -0.3 is 19.1 Å². The number of hydrogen-bond acceptors (Lipinski definition) is 4. The molecular formula is C22H25NO4. The number of anilines is 1. The molecule has 0 saturated carbocycles. The number of rotatable bonds is 5. The zero-order valence-corrected chi connectivity index (χ0v) is 16.2. The highest BCUT2D eigenvalue weighted by Gasteiger charge is 2.25. The van der Waals surface area contributed by atoms with Crippen molar-refractivity contribution in [1.82, 2.24) is 0 Å². The van der Waals surface area contributed by atoms with E-state index in [1.54, 1.807) is 33.5 Å². The predicted molar refractivity (Wildman–Crippen MR) is 107 cm³/mol. The zero-order chi connectivity index (χ0) is 19.4. The van der Waals surface area contributed by atoms with Crippen LogP contribution in [0.1, 0.15) is 23.1 Å². The molecule has 0 spiro atoms. The first-order valence-electron chi connectivity index (χ1n) is 8.97. The van der Waals surface area contributed by atoms with Gasteiger partial charge in [0.25, 0.3) is 5.91 Å². The van der Waals surface area contributed by atoms with Crippen molar-refractivity contribution >= 4 is 17.7 Å². The van der Waals surface area contributed by atoms with Gasteiger partial charge in [0.05, 0.1) is 27.0 Å². The Bertz CT molecular complexity index is 873. The fourth-order valence-electron chi connectivity index (χ4n) is 3.45. The van der Waals surface area contributed by atoms with Crippen molar-refractivity contribution in [3.8, 4) is 17.2 Å². The molecule has 2 aromatic rings. The summed E-state index contributed by atoms with van der Waals surface area (Å²) in [4.78, 5) is 14.7. The molecule has 0 atom stereocenters. The van der Waals surface area contributed by atoms with Crippen LogP contribution in [0.25, 0.3) is 6.08 Å². The van der Waals surface area contributed by atoms with Crippen LogP contribution in [0.4, 0.5) is 5.69 Å². The summed E-state index contributed by atoms with van der Waals surface area (Å²) in [5.41, 5.74) is 4.14. The van der Waals surface area contributed by atoms with Crippen LogP contribution in [-0.4, -0.2) is 33.8 Å². The average Bonchev–Trinajstić information content (AvgIpc) is 2.71. The number of aryl methyl sites for hydroxylation is 1. The SMILES string of the molecule is COc1ccc(/C=C/C(=O)N2CCCc3c(C)ccc(OC)c32)cc1OC. The number of carbonyl (C=O) groups is 1. The van der Waals surface area contributed by atoms with Gasteiger partial charge in [-0.05, 0) is 60.7 Å². The summed E-state index contributed by atoms with van der Waals surface area (Å²) in [6, 6.07) is 9.53. The average molecular weight is 367 g/mol. The second kappa shape index (κ2) is 8.16. The quantitative estimate of drug-likeness (QED) is 0.749. The van der Waals surface area contributed by atoms with Crippen LogP contribution in [-0.2, 0) is 11.2 Å². The maximum absolute atomic E-state index is 12.9. The smallest absolute Gasteiger partial charge is 0.251 e. The molecule has 0 unspecified atom stereocenters. The normalized spacial score (nSPS) is 13.4. The first kappa shape index (κ1) is 18.8. The molecule has 1 amide bonds. The van der Waals surface area contributed by atoms with Crippen molar-refractivity contribution in [2.75, 3.05) is 32.8 Å². The van der Waals surface area contributed by atoms with Crippen LogP contribution >= 0.6 is 0 Å². The summed E-state index contributed by atoms with van der Waals surface area (Å²) in [7, 11) is 4.83. The number of methoxy groups -OCH3 is 3. The minimum absolute atomic E-state index is 0.0605. The van der Waals surface area contributed by atoms with E-state index in [4.69, 9.17) is 14.2 Å². The minimum atomic E-state index is -0.0605. The van der Waals surface area contributed by atoms with E-state index in [0.29, 0.717) is 18.0 Å². The summed E-state index contributed by atoms with van der Waals surface area (Å²) in [6.07, 6.45) is 5.29. The van der Waals surface area contributed by atoms with Crippen LogP contribution in [0, 0.1) is 6.92 Å². The number of fused-ring (bicyclic) bond motifs is 1. The monoisotopic (exact) mass is 367 g/mol. The third-order valence-corrected chi connectivity index (χ3v) is 4.87. The molecule has 0 N–H and O–H groups in total. The van der Waals surface area contributed by atoms with E-state index in [1.165, 1.54) is 11.1 Å². The molecule has 27 heavy (non-hydrogen) atoms. The van der Waals surface area contributed by atoms with Gasteiger partial charge in [-0.2, -0.15) is 0 Å². The molecule has 0 radical (unpaired) electrons. The van der Waals surface area contributed by atoms with Crippen molar-refractivity contribution < 1.29 is 19.0 Å². The highest BCUT2D eigenvalue weighted by Crippen LogP contribution is 2.38. The Morgan fingerprint density at radius 2 is 1.70 bits per heavy atom. The van der Waals surface area contributed by atoms with Crippen molar-refractivity contribution in [2.45, 2.75) is 19.8 Å². The number of carbonyl (C=O) groups excluding carboxylic acids is 1. The molecule has 0 aliphatic carbocycles. The molecule has 1 aliphatic heterocycles. The second-order valence-corrected chi connectivity index (χ2v) is 6.45. The predicted octanol–water partition coefficient (Wildman–Crippen LogP) is 4.01. The highest BCUT2D eigenvalue weighted by atomic mass is 16.5. The van der Waals surface area contributed by atoms with E-state index < -0.39 is 0 Å². The molecule has 0 fully saturated rings. The standard InChI is InChI=1S/C22H25NO4/c1-15-7-10-19(26-3)22-17(15)6-5-13-23(22)21(24)12-9-16-8-11-18(25-2)20(14-16)27-4/h7-12,14H,5-6,13H2,1-4H3/b12-9+. The summed E-state index contributed by atoms with van der Waals surface area (Å²) in [5, 5.41) is 0. The van der Waals surface area contributed by atoms with Gasteiger partial charge >= 0.3 is 0 Å². The number of hydrogen-bond donors (Lipinski definition) is 0. The topological polar surface area (TPSA) is 48.0 Å². The second-order valence-electron chi connectivity index (χ2n) is 6.45. The minimum Gasteiger partial charge on any atom is -0.495 e. The molecule has 1 heterocycles. The van der Waals surface area contributed by atoms with Crippen molar-refractivity contribution in [3.05, 3.63) is 53.1 Å². The molecule has 2 aromatic carbocycles. The van der Waals surface area contributed by atoms with E-state index in [-0.39, 0.29) is 5.91 Å². The third-order valence-electron chi connectivity index (χ3n) is 4.87. The molecule has 142 valence electrons. The summed E-state index contributed by atoms with van der Waals surface area (Å²) >= 11 is 0. The lowest BCUT2D eigenvalue weighted by Gasteiger charge is -2.31. The summed E-state index contributed by atoms with van der Waals surface area (Å²) in [5.74, 6) is 1.97. The molecule has 0 aromatic heterocycles. The van der Waals surface area contributed by atoms with E-state index in [1.807, 2.05) is 35.2 Å². The van der Waals surface area contributed by atoms with E-state index >= 15 is 0 Å². The van der Waals surface area contributed by atoms with E-state index in [9.17, 15) is 4.79 Å². The Hall–Kier alpha value is -2.95. The Morgan fingerprint density at radius 1 is 1.00 bits per heavy atom. The first-order valence-corrected chi connectivity index (χ1v) is 8.97. The highest BCUT2D eigenvalue weighted by molar-refractivity contribution is 6.05. The maximum Gasteiger partial charge on any atom is 0.251 e. The van der Waals surface area contributed by atoms with Gasteiger partial charge in [-0.3, -0.25) is 4.79 Å². The van der Waals surface area contributed by atoms with Crippen LogP contribution in [0.2, 0.25) is 0 Å². The fraction of sp³-hybridized carbons (Fsp3) is 0.318. The van der Waals surface area contributed by atoms with Gasteiger partial charge in [0.1, 0.15) is 5.75 Å². The lowest BCUT2D eigenvalue weighted by Crippen LogP contribution is -2.34. The molecule has 0 saturated heterocycles. The Kier molecular flexibility index (Phi) is 5.69. The van der Waals surface area contributed by atoms with E-state index in [2.05, 4.69) is 6.92 Å². The third kappa shape index (κ3) is 3.77. The largest absolute Gasteiger partial charge is 0.495 e. The van der Waals surface area contributed by atoms with E-state index in [0.717, 1.165) is 29.8 Å². The summed E-state index contributed by atoms with van der Waals surface area (Å²) < 4.78 is 16.1. The molecule has 3 rings (SSSR count). The molecule has 5 heteroatoms. The van der Waals surface area contributed by atoms with Gasteiger partial charge in [0, 0.05) is 12.6 Å². The first-order chi connectivity index (χ1) is 13.1. The fourth-order valence-corrected chi connectivity index (χ4v) is 3.45. The number of ether oxygens (including phenoxy) is 3. The Labute approximate surface area is 160 Å². The van der Waals surface area contributed by atoms with Crippen LogP contribution in [0.5, 0.6) is 17.2 Å². The van der Waals surface area contributed by atoms with Crippen molar-refractivity contribution in [1.29, 1.82) is 0 Å². The van der Waals surface area contributed by atoms with Gasteiger partial charge in [0.15, 0.2) is 11.5 Å². The molecular weight excluding hydrogens is 342 g/mol. The molecule has 5 nitrogen and oxygen atoms in total. The molecule has 0 bridgehead atoms. The van der Waals surface area contributed by atoms with Crippen LogP contribution < -0.4 is 19.1 Å². The Balaban J connectivity index is 1.88. The number of nitrogens with zero attached hydrogens (tertiary/aromatic N) is 1. The number of amides is 1. The lowest BCUT2D eigenvalue weighted by atomic mass is 9.96. The van der Waals surface area contributed by atoms with Crippen molar-refractivity contribution in [3.63, 3.8) is 0 Å².